The van der Waals surface area contributed by atoms with Crippen molar-refractivity contribution in [2.24, 2.45) is 5.92 Å². The van der Waals surface area contributed by atoms with Crippen molar-refractivity contribution in [1.82, 2.24) is 10.6 Å². The number of ether oxygens (including phenoxy) is 1. The lowest BCUT2D eigenvalue weighted by atomic mass is 10.0. The fraction of sp³-hybridized carbons (Fsp3) is 0.562. The minimum Gasteiger partial charge on any atom is -0.497 e. The van der Waals surface area contributed by atoms with Crippen LogP contribution in [-0.2, 0) is 6.42 Å². The van der Waals surface area contributed by atoms with E-state index in [1.165, 1.54) is 0 Å². The zero-order valence-electron chi connectivity index (χ0n) is 13.1. The highest BCUT2D eigenvalue weighted by molar-refractivity contribution is 5.73. The van der Waals surface area contributed by atoms with E-state index in [2.05, 4.69) is 10.6 Å². The minimum absolute atomic E-state index is 0.195. The summed E-state index contributed by atoms with van der Waals surface area (Å²) in [7, 11) is 1.64. The Bertz CT molecular complexity index is 418. The molecule has 0 saturated carbocycles. The van der Waals surface area contributed by atoms with Gasteiger partial charge in [0.1, 0.15) is 5.75 Å². The normalized spacial score (nSPS) is 12.0. The Morgan fingerprint density at radius 3 is 2.38 bits per heavy atom. The molecule has 2 amide bonds. The molecule has 0 aliphatic heterocycles. The summed E-state index contributed by atoms with van der Waals surface area (Å²) >= 11 is 0. The summed E-state index contributed by atoms with van der Waals surface area (Å²) in [6.07, 6.45) is 0.972. The molecule has 0 aliphatic rings. The number of aliphatic hydroxyl groups is 1. The lowest BCUT2D eigenvalue weighted by Gasteiger charge is -2.14. The summed E-state index contributed by atoms with van der Waals surface area (Å²) in [5.41, 5.74) is 1.14. The first-order valence-corrected chi connectivity index (χ1v) is 7.35. The number of hydrogen-bond acceptors (Lipinski definition) is 3. The number of nitrogens with one attached hydrogen (secondary N) is 2. The predicted molar refractivity (Wildman–Crippen MR) is 83.6 cm³/mol. The lowest BCUT2D eigenvalue weighted by Crippen LogP contribution is -2.38. The first kappa shape index (κ1) is 17.3. The van der Waals surface area contributed by atoms with Crippen molar-refractivity contribution in [3.05, 3.63) is 29.8 Å². The monoisotopic (exact) mass is 294 g/mol. The van der Waals surface area contributed by atoms with Crippen LogP contribution >= 0.6 is 0 Å². The number of hydrogen-bond donors (Lipinski definition) is 3. The van der Waals surface area contributed by atoms with Gasteiger partial charge in [-0.3, -0.25) is 0 Å². The molecule has 0 spiro atoms. The van der Waals surface area contributed by atoms with Crippen molar-refractivity contribution >= 4 is 6.03 Å². The van der Waals surface area contributed by atoms with Crippen molar-refractivity contribution in [3.63, 3.8) is 0 Å². The van der Waals surface area contributed by atoms with Gasteiger partial charge in [0.25, 0.3) is 0 Å². The quantitative estimate of drug-likeness (QED) is 0.686. The van der Waals surface area contributed by atoms with Crippen LogP contribution in [0.15, 0.2) is 24.3 Å². The van der Waals surface area contributed by atoms with E-state index in [1.54, 1.807) is 7.11 Å². The number of amides is 2. The zero-order chi connectivity index (χ0) is 15.7. The number of rotatable bonds is 8. The molecule has 0 fully saturated rings. The molecule has 0 aliphatic carbocycles. The van der Waals surface area contributed by atoms with Gasteiger partial charge in [0, 0.05) is 13.1 Å². The predicted octanol–water partition coefficient (Wildman–Crippen LogP) is 1.94. The van der Waals surface area contributed by atoms with Crippen LogP contribution in [0.1, 0.15) is 25.8 Å². The van der Waals surface area contributed by atoms with Crippen molar-refractivity contribution < 1.29 is 14.6 Å². The van der Waals surface area contributed by atoms with Gasteiger partial charge in [0.05, 0.1) is 13.2 Å². The summed E-state index contributed by atoms with van der Waals surface area (Å²) < 4.78 is 5.09. The van der Waals surface area contributed by atoms with Crippen LogP contribution in [0.5, 0.6) is 5.75 Å². The largest absolute Gasteiger partial charge is 0.497 e. The van der Waals surface area contributed by atoms with Gasteiger partial charge in [0.15, 0.2) is 0 Å². The van der Waals surface area contributed by atoms with Crippen LogP contribution in [0.2, 0.25) is 0 Å². The smallest absolute Gasteiger partial charge is 0.314 e. The number of methoxy groups -OCH3 is 1. The fourth-order valence-corrected chi connectivity index (χ4v) is 1.84. The lowest BCUT2D eigenvalue weighted by molar-refractivity contribution is 0.116. The molecule has 0 aromatic heterocycles. The third-order valence-electron chi connectivity index (χ3n) is 3.35. The van der Waals surface area contributed by atoms with Gasteiger partial charge in [-0.25, -0.2) is 4.79 Å². The molecule has 0 bridgehead atoms. The second kappa shape index (κ2) is 9.23. The maximum absolute atomic E-state index is 11.6. The number of aliphatic hydroxyl groups excluding tert-OH is 1. The number of carbonyl (C=O) groups is 1. The first-order chi connectivity index (χ1) is 10.0. The standard InChI is InChI=1S/C16H26N2O3/c1-12(2)15(19)9-11-18-16(20)17-10-8-13-4-6-14(21-3)7-5-13/h4-7,12,15,19H,8-11H2,1-3H3,(H2,17,18,20). The molecule has 5 heteroatoms. The summed E-state index contributed by atoms with van der Waals surface area (Å²) in [6.45, 7) is 4.97. The van der Waals surface area contributed by atoms with E-state index in [0.717, 1.165) is 17.7 Å². The van der Waals surface area contributed by atoms with Crippen LogP contribution in [0.25, 0.3) is 0 Å². The van der Waals surface area contributed by atoms with Crippen molar-refractivity contribution in [2.45, 2.75) is 32.8 Å². The minimum atomic E-state index is -0.371. The maximum atomic E-state index is 11.6. The van der Waals surface area contributed by atoms with E-state index in [-0.39, 0.29) is 18.1 Å². The Labute approximate surface area is 126 Å². The summed E-state index contributed by atoms with van der Waals surface area (Å²) in [4.78, 5) is 11.6. The van der Waals surface area contributed by atoms with Gasteiger partial charge in [0.2, 0.25) is 0 Å². The molecule has 1 aromatic carbocycles. The molecular formula is C16H26N2O3. The molecule has 5 nitrogen and oxygen atoms in total. The number of benzene rings is 1. The van der Waals surface area contributed by atoms with E-state index >= 15 is 0 Å². The van der Waals surface area contributed by atoms with Crippen LogP contribution in [0, 0.1) is 5.92 Å². The van der Waals surface area contributed by atoms with Gasteiger partial charge in [-0.2, -0.15) is 0 Å². The highest BCUT2D eigenvalue weighted by atomic mass is 16.5. The first-order valence-electron chi connectivity index (χ1n) is 7.35. The molecule has 3 N–H and O–H groups in total. The van der Waals surface area contributed by atoms with Gasteiger partial charge in [-0.15, -0.1) is 0 Å². The number of carbonyl (C=O) groups excluding carboxylic acids is 1. The SMILES string of the molecule is COc1ccc(CCNC(=O)NCCC(O)C(C)C)cc1. The van der Waals surface area contributed by atoms with E-state index in [0.29, 0.717) is 19.5 Å². The van der Waals surface area contributed by atoms with E-state index in [9.17, 15) is 9.90 Å². The molecule has 0 radical (unpaired) electrons. The molecule has 0 heterocycles. The molecule has 1 unspecified atom stereocenters. The third-order valence-corrected chi connectivity index (χ3v) is 3.35. The maximum Gasteiger partial charge on any atom is 0.314 e. The zero-order valence-corrected chi connectivity index (χ0v) is 13.1. The van der Waals surface area contributed by atoms with Crippen molar-refractivity contribution in [1.29, 1.82) is 0 Å². The Morgan fingerprint density at radius 2 is 1.81 bits per heavy atom. The van der Waals surface area contributed by atoms with Crippen LogP contribution in [0.3, 0.4) is 0 Å². The molecule has 1 rings (SSSR count). The molecule has 21 heavy (non-hydrogen) atoms. The molecule has 118 valence electrons. The Morgan fingerprint density at radius 1 is 1.19 bits per heavy atom. The third kappa shape index (κ3) is 6.99. The average molecular weight is 294 g/mol. The second-order valence-electron chi connectivity index (χ2n) is 5.38. The van der Waals surface area contributed by atoms with Gasteiger partial charge < -0.3 is 20.5 Å². The second-order valence-corrected chi connectivity index (χ2v) is 5.38. The van der Waals surface area contributed by atoms with Crippen molar-refractivity contribution in [3.8, 4) is 5.75 Å². The van der Waals surface area contributed by atoms with Gasteiger partial charge in [-0.05, 0) is 36.5 Å². The molecular weight excluding hydrogens is 268 g/mol. The highest BCUT2D eigenvalue weighted by Crippen LogP contribution is 2.11. The van der Waals surface area contributed by atoms with Crippen LogP contribution in [-0.4, -0.2) is 37.4 Å². The average Bonchev–Trinajstić information content (AvgIpc) is 2.47. The van der Waals surface area contributed by atoms with Gasteiger partial charge >= 0.3 is 6.03 Å². The number of urea groups is 1. The van der Waals surface area contributed by atoms with E-state index < -0.39 is 0 Å². The topological polar surface area (TPSA) is 70.6 Å². The van der Waals surface area contributed by atoms with Crippen LogP contribution < -0.4 is 15.4 Å². The summed E-state index contributed by atoms with van der Waals surface area (Å²) in [5.74, 6) is 1.04. The van der Waals surface area contributed by atoms with Gasteiger partial charge in [-0.1, -0.05) is 26.0 Å². The summed E-state index contributed by atoms with van der Waals surface area (Å²) in [5, 5.41) is 15.2. The summed E-state index contributed by atoms with van der Waals surface area (Å²) in [6, 6.07) is 7.58. The van der Waals surface area contributed by atoms with Crippen molar-refractivity contribution in [2.75, 3.05) is 20.2 Å². The van der Waals surface area contributed by atoms with E-state index in [1.807, 2.05) is 38.1 Å². The molecule has 1 aromatic rings. The fourth-order valence-electron chi connectivity index (χ4n) is 1.84. The Balaban J connectivity index is 2.15. The van der Waals surface area contributed by atoms with Crippen LogP contribution in [0.4, 0.5) is 4.79 Å². The molecule has 0 saturated heterocycles. The molecule has 1 atom stereocenters. The Hall–Kier alpha value is -1.75. The highest BCUT2D eigenvalue weighted by Gasteiger charge is 2.09. The van der Waals surface area contributed by atoms with E-state index in [4.69, 9.17) is 4.74 Å². The Kier molecular flexibility index (Phi) is 7.61.